The summed E-state index contributed by atoms with van der Waals surface area (Å²) >= 11 is 0. The van der Waals surface area contributed by atoms with Gasteiger partial charge in [0.15, 0.2) is 0 Å². The molecule has 1 saturated heterocycles. The van der Waals surface area contributed by atoms with Crippen LogP contribution in [0.25, 0.3) is 0 Å². The molecule has 0 unspecified atom stereocenters. The SMILES string of the molecule is CC(C)CNCCCCCOC1CCN(C)CC1. The summed E-state index contributed by atoms with van der Waals surface area (Å²) in [7, 11) is 2.19. The van der Waals surface area contributed by atoms with E-state index in [0.717, 1.165) is 25.6 Å². The average Bonchev–Trinajstić information content (AvgIpc) is 2.34. The molecule has 0 atom stereocenters. The Labute approximate surface area is 113 Å². The average molecular weight is 256 g/mol. The van der Waals surface area contributed by atoms with Gasteiger partial charge in [0.2, 0.25) is 0 Å². The molecule has 0 radical (unpaired) electrons. The van der Waals surface area contributed by atoms with Gasteiger partial charge in [-0.1, -0.05) is 13.8 Å². The second-order valence-electron chi connectivity index (χ2n) is 6.03. The van der Waals surface area contributed by atoms with Gasteiger partial charge in [-0.2, -0.15) is 0 Å². The van der Waals surface area contributed by atoms with Crippen LogP contribution in [-0.2, 0) is 4.74 Å². The third kappa shape index (κ3) is 8.06. The molecule has 18 heavy (non-hydrogen) atoms. The monoisotopic (exact) mass is 256 g/mol. The van der Waals surface area contributed by atoms with Crippen molar-refractivity contribution < 1.29 is 4.74 Å². The first-order valence-corrected chi connectivity index (χ1v) is 7.69. The second kappa shape index (κ2) is 9.76. The van der Waals surface area contributed by atoms with Gasteiger partial charge in [0.05, 0.1) is 6.10 Å². The Kier molecular flexibility index (Phi) is 8.64. The van der Waals surface area contributed by atoms with Crippen molar-refractivity contribution in [1.29, 1.82) is 0 Å². The van der Waals surface area contributed by atoms with Crippen molar-refractivity contribution in [2.75, 3.05) is 39.8 Å². The van der Waals surface area contributed by atoms with E-state index in [1.165, 1.54) is 45.2 Å². The molecule has 0 saturated carbocycles. The fourth-order valence-corrected chi connectivity index (χ4v) is 2.32. The summed E-state index contributed by atoms with van der Waals surface area (Å²) < 4.78 is 5.93. The maximum atomic E-state index is 5.93. The summed E-state index contributed by atoms with van der Waals surface area (Å²) in [4.78, 5) is 2.39. The molecule has 0 spiro atoms. The van der Waals surface area contributed by atoms with Gasteiger partial charge < -0.3 is 15.0 Å². The fourth-order valence-electron chi connectivity index (χ4n) is 2.32. The predicted octanol–water partition coefficient (Wildman–Crippen LogP) is 2.51. The third-order valence-electron chi connectivity index (χ3n) is 3.57. The van der Waals surface area contributed by atoms with Crippen molar-refractivity contribution in [3.63, 3.8) is 0 Å². The Morgan fingerprint density at radius 1 is 1.17 bits per heavy atom. The van der Waals surface area contributed by atoms with Crippen LogP contribution in [0.5, 0.6) is 0 Å². The third-order valence-corrected chi connectivity index (χ3v) is 3.57. The Bertz CT molecular complexity index is 189. The van der Waals surface area contributed by atoms with Crippen LogP contribution in [0, 0.1) is 5.92 Å². The van der Waals surface area contributed by atoms with Crippen LogP contribution in [0.1, 0.15) is 46.0 Å². The lowest BCUT2D eigenvalue weighted by Gasteiger charge is -2.28. The van der Waals surface area contributed by atoms with E-state index in [4.69, 9.17) is 4.74 Å². The first-order valence-electron chi connectivity index (χ1n) is 7.69. The number of hydrogen-bond acceptors (Lipinski definition) is 3. The van der Waals surface area contributed by atoms with Gasteiger partial charge >= 0.3 is 0 Å². The maximum Gasteiger partial charge on any atom is 0.0599 e. The molecule has 1 aliphatic rings. The van der Waals surface area contributed by atoms with Crippen molar-refractivity contribution >= 4 is 0 Å². The van der Waals surface area contributed by atoms with Crippen LogP contribution in [0.2, 0.25) is 0 Å². The van der Waals surface area contributed by atoms with Gasteiger partial charge in [-0.05, 0) is 58.2 Å². The van der Waals surface area contributed by atoms with Crippen LogP contribution in [0.4, 0.5) is 0 Å². The van der Waals surface area contributed by atoms with E-state index in [-0.39, 0.29) is 0 Å². The van der Waals surface area contributed by atoms with E-state index in [1.54, 1.807) is 0 Å². The molecule has 108 valence electrons. The van der Waals surface area contributed by atoms with Crippen molar-refractivity contribution in [3.8, 4) is 0 Å². The zero-order chi connectivity index (χ0) is 13.2. The number of hydrogen-bond donors (Lipinski definition) is 1. The molecule has 0 aliphatic carbocycles. The van der Waals surface area contributed by atoms with Crippen molar-refractivity contribution in [2.45, 2.75) is 52.1 Å². The lowest BCUT2D eigenvalue weighted by molar-refractivity contribution is 0.0108. The smallest absolute Gasteiger partial charge is 0.0599 e. The number of nitrogens with one attached hydrogen (secondary N) is 1. The van der Waals surface area contributed by atoms with Gasteiger partial charge in [-0.3, -0.25) is 0 Å². The second-order valence-corrected chi connectivity index (χ2v) is 6.03. The number of ether oxygens (including phenoxy) is 1. The van der Waals surface area contributed by atoms with E-state index < -0.39 is 0 Å². The molecule has 0 aromatic rings. The van der Waals surface area contributed by atoms with Crippen LogP contribution >= 0.6 is 0 Å². The molecule has 0 aromatic carbocycles. The van der Waals surface area contributed by atoms with Crippen LogP contribution < -0.4 is 5.32 Å². The zero-order valence-electron chi connectivity index (χ0n) is 12.6. The zero-order valence-corrected chi connectivity index (χ0v) is 12.6. The van der Waals surface area contributed by atoms with Crippen molar-refractivity contribution in [1.82, 2.24) is 10.2 Å². The molecule has 1 aliphatic heterocycles. The van der Waals surface area contributed by atoms with Crippen molar-refractivity contribution in [3.05, 3.63) is 0 Å². The van der Waals surface area contributed by atoms with E-state index in [1.807, 2.05) is 0 Å². The summed E-state index contributed by atoms with van der Waals surface area (Å²) in [6.45, 7) is 10.2. The predicted molar refractivity (Wildman–Crippen MR) is 78.0 cm³/mol. The Morgan fingerprint density at radius 2 is 1.89 bits per heavy atom. The number of likely N-dealkylation sites (tertiary alicyclic amines) is 1. The quantitative estimate of drug-likeness (QED) is 0.642. The summed E-state index contributed by atoms with van der Waals surface area (Å²) in [5.41, 5.74) is 0. The van der Waals surface area contributed by atoms with Gasteiger partial charge in [0.1, 0.15) is 0 Å². The van der Waals surface area contributed by atoms with Crippen LogP contribution in [0.15, 0.2) is 0 Å². The maximum absolute atomic E-state index is 5.93. The number of unbranched alkanes of at least 4 members (excludes halogenated alkanes) is 2. The highest BCUT2D eigenvalue weighted by Crippen LogP contribution is 2.12. The van der Waals surface area contributed by atoms with Gasteiger partial charge in [-0.15, -0.1) is 0 Å². The summed E-state index contributed by atoms with van der Waals surface area (Å²) in [6, 6.07) is 0. The van der Waals surface area contributed by atoms with Gasteiger partial charge in [-0.25, -0.2) is 0 Å². The molecule has 3 nitrogen and oxygen atoms in total. The van der Waals surface area contributed by atoms with Crippen LogP contribution in [0.3, 0.4) is 0 Å². The molecule has 1 N–H and O–H groups in total. The standard InChI is InChI=1S/C15H32N2O/c1-14(2)13-16-9-5-4-6-12-18-15-7-10-17(3)11-8-15/h14-16H,4-13H2,1-3H3. The highest BCUT2D eigenvalue weighted by molar-refractivity contribution is 4.69. The largest absolute Gasteiger partial charge is 0.378 e. The molecule has 1 heterocycles. The van der Waals surface area contributed by atoms with E-state index in [2.05, 4.69) is 31.1 Å². The molecular formula is C15H32N2O. The highest BCUT2D eigenvalue weighted by Gasteiger charge is 2.16. The van der Waals surface area contributed by atoms with E-state index >= 15 is 0 Å². The molecule has 0 aromatic heterocycles. The minimum absolute atomic E-state index is 0.528. The topological polar surface area (TPSA) is 24.5 Å². The molecule has 0 bridgehead atoms. The Morgan fingerprint density at radius 3 is 2.56 bits per heavy atom. The molecule has 1 fully saturated rings. The first kappa shape index (κ1) is 15.9. The lowest BCUT2D eigenvalue weighted by atomic mass is 10.1. The minimum Gasteiger partial charge on any atom is -0.378 e. The summed E-state index contributed by atoms with van der Waals surface area (Å²) in [5, 5.41) is 3.48. The Hall–Kier alpha value is -0.120. The molecule has 1 rings (SSSR count). The van der Waals surface area contributed by atoms with E-state index in [9.17, 15) is 0 Å². The normalized spacial score (nSPS) is 18.7. The van der Waals surface area contributed by atoms with Crippen molar-refractivity contribution in [2.24, 2.45) is 5.92 Å². The van der Waals surface area contributed by atoms with Crippen LogP contribution in [-0.4, -0.2) is 50.8 Å². The molecule has 0 amide bonds. The number of piperidine rings is 1. The van der Waals surface area contributed by atoms with E-state index in [0.29, 0.717) is 6.10 Å². The Balaban J connectivity index is 1.81. The fraction of sp³-hybridized carbons (Fsp3) is 1.00. The molecular weight excluding hydrogens is 224 g/mol. The summed E-state index contributed by atoms with van der Waals surface area (Å²) in [5.74, 6) is 0.762. The van der Waals surface area contributed by atoms with Gasteiger partial charge in [0, 0.05) is 19.7 Å². The summed E-state index contributed by atoms with van der Waals surface area (Å²) in [6.07, 6.45) is 6.75. The number of nitrogens with zero attached hydrogens (tertiary/aromatic N) is 1. The first-order chi connectivity index (χ1) is 8.68. The lowest BCUT2D eigenvalue weighted by Crippen LogP contribution is -2.34. The highest BCUT2D eigenvalue weighted by atomic mass is 16.5. The number of rotatable bonds is 9. The molecule has 3 heteroatoms. The minimum atomic E-state index is 0.528. The van der Waals surface area contributed by atoms with Gasteiger partial charge in [0.25, 0.3) is 0 Å².